The molecule has 0 spiro atoms. The second-order valence-corrected chi connectivity index (χ2v) is 8.12. The van der Waals surface area contributed by atoms with Crippen LogP contribution >= 0.6 is 0 Å². The molecule has 0 bridgehead atoms. The molecule has 0 aromatic carbocycles. The first-order valence-electron chi connectivity index (χ1n) is 7.92. The van der Waals surface area contributed by atoms with Gasteiger partial charge in [0.25, 0.3) is 0 Å². The average Bonchev–Trinajstić information content (AvgIpc) is 2.49. The van der Waals surface area contributed by atoms with E-state index in [-0.39, 0.29) is 5.25 Å². The number of sulfonamides is 1. The fraction of sp³-hybridized carbons (Fsp3) is 1.00. The predicted molar refractivity (Wildman–Crippen MR) is 80.2 cm³/mol. The molecule has 0 amide bonds. The minimum atomic E-state index is -3.10. The maximum Gasteiger partial charge on any atom is 0.217 e. The standard InChI is InChI=1S/C14H28N2O3S/c1-2-7-15-12-13-3-8-16(9-4-13)20(17,18)14-5-10-19-11-6-14/h13-15H,2-12H2,1H3. The SMILES string of the molecule is CCCNCC1CCN(S(=O)(=O)C2CCOCC2)CC1. The molecular formula is C14H28N2O3S. The van der Waals surface area contributed by atoms with Crippen molar-refractivity contribution in [2.45, 2.75) is 44.3 Å². The Labute approximate surface area is 123 Å². The third kappa shape index (κ3) is 4.16. The molecule has 1 N–H and O–H groups in total. The van der Waals surface area contributed by atoms with Gasteiger partial charge in [0.05, 0.1) is 5.25 Å². The van der Waals surface area contributed by atoms with Gasteiger partial charge >= 0.3 is 0 Å². The van der Waals surface area contributed by atoms with Gasteiger partial charge in [-0.3, -0.25) is 0 Å². The minimum absolute atomic E-state index is 0.217. The van der Waals surface area contributed by atoms with Crippen molar-refractivity contribution < 1.29 is 13.2 Å². The van der Waals surface area contributed by atoms with Crippen LogP contribution in [0.4, 0.5) is 0 Å². The highest BCUT2D eigenvalue weighted by molar-refractivity contribution is 7.89. The normalized spacial score (nSPS) is 24.1. The van der Waals surface area contributed by atoms with Crippen molar-refractivity contribution in [3.05, 3.63) is 0 Å². The number of ether oxygens (including phenoxy) is 1. The molecule has 2 fully saturated rings. The van der Waals surface area contributed by atoms with E-state index in [2.05, 4.69) is 12.2 Å². The zero-order valence-corrected chi connectivity index (χ0v) is 13.3. The highest BCUT2D eigenvalue weighted by atomic mass is 32.2. The summed E-state index contributed by atoms with van der Waals surface area (Å²) in [6, 6.07) is 0. The number of piperidine rings is 1. The molecule has 20 heavy (non-hydrogen) atoms. The summed E-state index contributed by atoms with van der Waals surface area (Å²) in [6.07, 6.45) is 4.43. The average molecular weight is 304 g/mol. The second-order valence-electron chi connectivity index (χ2n) is 5.90. The summed E-state index contributed by atoms with van der Waals surface area (Å²) in [6.45, 7) is 6.80. The summed E-state index contributed by atoms with van der Waals surface area (Å²) in [4.78, 5) is 0. The van der Waals surface area contributed by atoms with E-state index in [1.54, 1.807) is 4.31 Å². The van der Waals surface area contributed by atoms with E-state index in [1.807, 2.05) is 0 Å². The van der Waals surface area contributed by atoms with Crippen molar-refractivity contribution in [1.82, 2.24) is 9.62 Å². The minimum Gasteiger partial charge on any atom is -0.381 e. The summed E-state index contributed by atoms with van der Waals surface area (Å²) in [5, 5.41) is 3.22. The van der Waals surface area contributed by atoms with Crippen LogP contribution < -0.4 is 5.32 Å². The predicted octanol–water partition coefficient (Wildman–Crippen LogP) is 1.21. The molecular weight excluding hydrogens is 276 g/mol. The van der Waals surface area contributed by atoms with Crippen molar-refractivity contribution in [3.63, 3.8) is 0 Å². The zero-order chi connectivity index (χ0) is 14.4. The number of rotatable bonds is 6. The van der Waals surface area contributed by atoms with Gasteiger partial charge in [-0.2, -0.15) is 0 Å². The van der Waals surface area contributed by atoms with Crippen LogP contribution in [0.3, 0.4) is 0 Å². The summed E-state index contributed by atoms with van der Waals surface area (Å²) in [5.74, 6) is 0.627. The molecule has 0 saturated carbocycles. The number of hydrogen-bond donors (Lipinski definition) is 1. The summed E-state index contributed by atoms with van der Waals surface area (Å²) in [5.41, 5.74) is 0. The lowest BCUT2D eigenvalue weighted by Crippen LogP contribution is -2.46. The summed E-state index contributed by atoms with van der Waals surface area (Å²) < 4.78 is 32.1. The molecule has 5 nitrogen and oxygen atoms in total. The van der Waals surface area contributed by atoms with Gasteiger partial charge in [0.15, 0.2) is 0 Å². The van der Waals surface area contributed by atoms with Gasteiger partial charge in [0, 0.05) is 26.3 Å². The molecule has 2 rings (SSSR count). The molecule has 0 aromatic heterocycles. The fourth-order valence-corrected chi connectivity index (χ4v) is 4.97. The molecule has 118 valence electrons. The second kappa shape index (κ2) is 7.73. The zero-order valence-electron chi connectivity index (χ0n) is 12.5. The van der Waals surface area contributed by atoms with E-state index in [9.17, 15) is 8.42 Å². The maximum atomic E-state index is 12.6. The van der Waals surface area contributed by atoms with Gasteiger partial charge in [-0.1, -0.05) is 6.92 Å². The first kappa shape index (κ1) is 16.2. The molecule has 0 atom stereocenters. The van der Waals surface area contributed by atoms with Crippen LogP contribution in [0.25, 0.3) is 0 Å². The topological polar surface area (TPSA) is 58.6 Å². The quantitative estimate of drug-likeness (QED) is 0.749. The Morgan fingerprint density at radius 3 is 2.40 bits per heavy atom. The number of nitrogens with zero attached hydrogens (tertiary/aromatic N) is 1. The van der Waals surface area contributed by atoms with Crippen LogP contribution in [-0.4, -0.2) is 57.4 Å². The maximum absolute atomic E-state index is 12.6. The van der Waals surface area contributed by atoms with Gasteiger partial charge in [-0.25, -0.2) is 12.7 Å². The highest BCUT2D eigenvalue weighted by Gasteiger charge is 2.35. The van der Waals surface area contributed by atoms with Gasteiger partial charge in [-0.05, 0) is 51.1 Å². The van der Waals surface area contributed by atoms with Crippen molar-refractivity contribution >= 4 is 10.0 Å². The Kier molecular flexibility index (Phi) is 6.26. The fourth-order valence-electron chi connectivity index (χ4n) is 3.04. The van der Waals surface area contributed by atoms with Crippen LogP contribution in [0.15, 0.2) is 0 Å². The first-order valence-corrected chi connectivity index (χ1v) is 9.42. The van der Waals surface area contributed by atoms with E-state index in [0.29, 0.717) is 45.1 Å². The lowest BCUT2D eigenvalue weighted by molar-refractivity contribution is 0.0967. The first-order chi connectivity index (χ1) is 9.64. The van der Waals surface area contributed by atoms with Crippen LogP contribution in [-0.2, 0) is 14.8 Å². The summed E-state index contributed by atoms with van der Waals surface area (Å²) in [7, 11) is -3.10. The Morgan fingerprint density at radius 1 is 1.15 bits per heavy atom. The van der Waals surface area contributed by atoms with E-state index < -0.39 is 10.0 Å². The van der Waals surface area contributed by atoms with Crippen molar-refractivity contribution in [3.8, 4) is 0 Å². The van der Waals surface area contributed by atoms with Gasteiger partial charge in [-0.15, -0.1) is 0 Å². The Bertz CT molecular complexity index is 372. The monoisotopic (exact) mass is 304 g/mol. The number of nitrogens with one attached hydrogen (secondary N) is 1. The van der Waals surface area contributed by atoms with Crippen molar-refractivity contribution in [2.24, 2.45) is 5.92 Å². The van der Waals surface area contributed by atoms with Gasteiger partial charge < -0.3 is 10.1 Å². The lowest BCUT2D eigenvalue weighted by atomic mass is 9.98. The van der Waals surface area contributed by atoms with Gasteiger partial charge in [0.2, 0.25) is 10.0 Å². The van der Waals surface area contributed by atoms with E-state index in [1.165, 1.54) is 0 Å². The van der Waals surface area contributed by atoms with Crippen molar-refractivity contribution in [1.29, 1.82) is 0 Å². The molecule has 2 heterocycles. The molecule has 0 unspecified atom stereocenters. The van der Waals surface area contributed by atoms with Crippen LogP contribution in [0, 0.1) is 5.92 Å². The highest BCUT2D eigenvalue weighted by Crippen LogP contribution is 2.25. The largest absolute Gasteiger partial charge is 0.381 e. The lowest BCUT2D eigenvalue weighted by Gasteiger charge is -2.34. The molecule has 2 aliphatic heterocycles. The molecule has 6 heteroatoms. The van der Waals surface area contributed by atoms with Crippen LogP contribution in [0.5, 0.6) is 0 Å². The Balaban J connectivity index is 1.80. The smallest absolute Gasteiger partial charge is 0.217 e. The van der Waals surface area contributed by atoms with Gasteiger partial charge in [0.1, 0.15) is 0 Å². The van der Waals surface area contributed by atoms with E-state index >= 15 is 0 Å². The summed E-state index contributed by atoms with van der Waals surface area (Å²) >= 11 is 0. The molecule has 0 aromatic rings. The van der Waals surface area contributed by atoms with Crippen LogP contribution in [0.1, 0.15) is 39.0 Å². The Morgan fingerprint density at radius 2 is 1.80 bits per heavy atom. The Hall–Kier alpha value is -0.170. The third-order valence-corrected chi connectivity index (χ3v) is 6.78. The molecule has 2 aliphatic rings. The third-order valence-electron chi connectivity index (χ3n) is 4.38. The van der Waals surface area contributed by atoms with E-state index in [0.717, 1.165) is 32.4 Å². The van der Waals surface area contributed by atoms with Crippen molar-refractivity contribution in [2.75, 3.05) is 39.4 Å². The van der Waals surface area contributed by atoms with Crippen LogP contribution in [0.2, 0.25) is 0 Å². The molecule has 2 saturated heterocycles. The van der Waals surface area contributed by atoms with E-state index in [4.69, 9.17) is 4.74 Å². The molecule has 0 radical (unpaired) electrons. The number of hydrogen-bond acceptors (Lipinski definition) is 4. The molecule has 0 aliphatic carbocycles.